The zero-order valence-electron chi connectivity index (χ0n) is 11.8. The highest BCUT2D eigenvalue weighted by Crippen LogP contribution is 2.12. The van der Waals surface area contributed by atoms with Crippen LogP contribution >= 0.6 is 0 Å². The minimum atomic E-state index is -0.206. The Morgan fingerprint density at radius 3 is 3.05 bits per heavy atom. The van der Waals surface area contributed by atoms with Gasteiger partial charge in [0.1, 0.15) is 5.82 Å². The van der Waals surface area contributed by atoms with Crippen LogP contribution in [-0.2, 0) is 0 Å². The van der Waals surface area contributed by atoms with Crippen LogP contribution < -0.4 is 11.1 Å². The summed E-state index contributed by atoms with van der Waals surface area (Å²) in [7, 11) is 0. The second kappa shape index (κ2) is 7.22. The van der Waals surface area contributed by atoms with Crippen molar-refractivity contribution in [2.45, 2.75) is 19.4 Å². The van der Waals surface area contributed by atoms with Gasteiger partial charge < -0.3 is 16.0 Å². The molecule has 6 nitrogen and oxygen atoms in total. The van der Waals surface area contributed by atoms with Crippen LogP contribution in [0.5, 0.6) is 0 Å². The fraction of sp³-hybridized carbons (Fsp3) is 0.267. The van der Waals surface area contributed by atoms with Crippen LogP contribution in [-0.4, -0.2) is 27.4 Å². The Balaban J connectivity index is 2.12. The predicted molar refractivity (Wildman–Crippen MR) is 79.3 cm³/mol. The number of nitrogens with one attached hydrogen (secondary N) is 2. The summed E-state index contributed by atoms with van der Waals surface area (Å²) >= 11 is 0. The van der Waals surface area contributed by atoms with Crippen molar-refractivity contribution in [3.63, 3.8) is 0 Å². The Hall–Kier alpha value is -2.65. The first-order chi connectivity index (χ1) is 10.2. The van der Waals surface area contributed by atoms with Gasteiger partial charge >= 0.3 is 0 Å². The summed E-state index contributed by atoms with van der Waals surface area (Å²) in [4.78, 5) is 23.5. The summed E-state index contributed by atoms with van der Waals surface area (Å²) < 4.78 is 0. The summed E-state index contributed by atoms with van der Waals surface area (Å²) in [5, 5.41) is 2.92. The summed E-state index contributed by atoms with van der Waals surface area (Å²) in [5.41, 5.74) is 6.46. The molecule has 2 rings (SSSR count). The lowest BCUT2D eigenvalue weighted by molar-refractivity contribution is 0.0933. The molecule has 6 heteroatoms. The molecule has 0 spiro atoms. The number of rotatable bonds is 4. The number of nitrogens with zero attached hydrogens (tertiary/aromatic N) is 2. The summed E-state index contributed by atoms with van der Waals surface area (Å²) in [6.07, 6.45) is 7.24. The number of aromatic nitrogens is 3. The van der Waals surface area contributed by atoms with Crippen molar-refractivity contribution in [3.8, 4) is 11.8 Å². The van der Waals surface area contributed by atoms with Crippen molar-refractivity contribution in [1.29, 1.82) is 0 Å². The fourth-order valence-corrected chi connectivity index (χ4v) is 1.86. The van der Waals surface area contributed by atoms with Gasteiger partial charge in [-0.2, -0.15) is 0 Å². The Kier molecular flexibility index (Phi) is 5.07. The molecule has 2 aromatic rings. The summed E-state index contributed by atoms with van der Waals surface area (Å²) in [5.74, 6) is 6.12. The Bertz CT molecular complexity index is 654. The second-order valence-electron chi connectivity index (χ2n) is 4.38. The van der Waals surface area contributed by atoms with Crippen molar-refractivity contribution in [2.75, 3.05) is 6.54 Å². The molecule has 0 aromatic carbocycles. The smallest absolute Gasteiger partial charge is 0.253 e. The zero-order valence-corrected chi connectivity index (χ0v) is 11.8. The number of aromatic amines is 1. The highest BCUT2D eigenvalue weighted by atomic mass is 16.1. The van der Waals surface area contributed by atoms with Gasteiger partial charge in [0, 0.05) is 30.4 Å². The van der Waals surface area contributed by atoms with E-state index in [4.69, 9.17) is 5.73 Å². The molecule has 108 valence electrons. The SMILES string of the molecule is CCC(NC(=O)c1cncc(C#CCN)c1)c1ncc[nH]1. The van der Waals surface area contributed by atoms with Crippen LogP contribution in [0, 0.1) is 11.8 Å². The number of H-pyrrole nitrogens is 1. The van der Waals surface area contributed by atoms with Crippen molar-refractivity contribution < 1.29 is 4.79 Å². The number of nitrogens with two attached hydrogens (primary N) is 1. The number of hydrogen-bond donors (Lipinski definition) is 3. The van der Waals surface area contributed by atoms with Gasteiger partial charge in [-0.05, 0) is 12.5 Å². The van der Waals surface area contributed by atoms with Crippen LogP contribution in [0.4, 0.5) is 0 Å². The van der Waals surface area contributed by atoms with E-state index in [1.165, 1.54) is 6.20 Å². The zero-order chi connectivity index (χ0) is 15.1. The van der Waals surface area contributed by atoms with E-state index in [0.717, 1.165) is 12.2 Å². The maximum atomic E-state index is 12.3. The number of amides is 1. The van der Waals surface area contributed by atoms with Gasteiger partial charge in [-0.1, -0.05) is 18.8 Å². The lowest BCUT2D eigenvalue weighted by Crippen LogP contribution is -2.29. The van der Waals surface area contributed by atoms with E-state index in [9.17, 15) is 4.79 Å². The van der Waals surface area contributed by atoms with Gasteiger partial charge in [-0.3, -0.25) is 9.78 Å². The number of carbonyl (C=O) groups excluding carboxylic acids is 1. The van der Waals surface area contributed by atoms with Gasteiger partial charge in [-0.15, -0.1) is 0 Å². The van der Waals surface area contributed by atoms with E-state index in [0.29, 0.717) is 11.1 Å². The summed E-state index contributed by atoms with van der Waals surface area (Å²) in [6.45, 7) is 2.25. The molecule has 1 unspecified atom stereocenters. The van der Waals surface area contributed by atoms with E-state index < -0.39 is 0 Å². The monoisotopic (exact) mass is 283 g/mol. The lowest BCUT2D eigenvalue weighted by atomic mass is 10.1. The molecular formula is C15H17N5O. The topological polar surface area (TPSA) is 96.7 Å². The molecule has 0 radical (unpaired) electrons. The van der Waals surface area contributed by atoms with Gasteiger partial charge in [0.2, 0.25) is 0 Å². The fourth-order valence-electron chi connectivity index (χ4n) is 1.86. The number of hydrogen-bond acceptors (Lipinski definition) is 4. The molecule has 0 aliphatic carbocycles. The van der Waals surface area contributed by atoms with Crippen molar-refractivity contribution in [1.82, 2.24) is 20.3 Å². The predicted octanol–water partition coefficient (Wildman–Crippen LogP) is 0.996. The van der Waals surface area contributed by atoms with Crippen LogP contribution in [0.25, 0.3) is 0 Å². The average Bonchev–Trinajstić information content (AvgIpc) is 3.04. The number of carbonyl (C=O) groups is 1. The summed E-state index contributed by atoms with van der Waals surface area (Å²) in [6, 6.07) is 1.53. The molecule has 0 bridgehead atoms. The molecule has 2 heterocycles. The van der Waals surface area contributed by atoms with Crippen LogP contribution in [0.15, 0.2) is 30.9 Å². The Morgan fingerprint density at radius 2 is 2.38 bits per heavy atom. The molecular weight excluding hydrogens is 266 g/mol. The van der Waals surface area contributed by atoms with Gasteiger partial charge in [0.15, 0.2) is 0 Å². The molecule has 0 aliphatic heterocycles. The van der Waals surface area contributed by atoms with Crippen LogP contribution in [0.3, 0.4) is 0 Å². The van der Waals surface area contributed by atoms with E-state index in [-0.39, 0.29) is 18.5 Å². The third kappa shape index (κ3) is 3.91. The third-order valence-electron chi connectivity index (χ3n) is 2.90. The highest BCUT2D eigenvalue weighted by Gasteiger charge is 2.16. The van der Waals surface area contributed by atoms with Gasteiger partial charge in [0.25, 0.3) is 5.91 Å². The van der Waals surface area contributed by atoms with Crippen molar-refractivity contribution in [3.05, 3.63) is 47.8 Å². The average molecular weight is 283 g/mol. The first-order valence-corrected chi connectivity index (χ1v) is 6.68. The van der Waals surface area contributed by atoms with Crippen molar-refractivity contribution >= 4 is 5.91 Å². The third-order valence-corrected chi connectivity index (χ3v) is 2.90. The Labute approximate surface area is 123 Å². The minimum Gasteiger partial charge on any atom is -0.347 e. The lowest BCUT2D eigenvalue weighted by Gasteiger charge is -2.14. The Morgan fingerprint density at radius 1 is 1.52 bits per heavy atom. The van der Waals surface area contributed by atoms with E-state index in [1.54, 1.807) is 24.7 Å². The van der Waals surface area contributed by atoms with Crippen LogP contribution in [0.1, 0.15) is 41.1 Å². The maximum Gasteiger partial charge on any atom is 0.253 e. The highest BCUT2D eigenvalue weighted by molar-refractivity contribution is 5.94. The number of pyridine rings is 1. The molecule has 2 aromatic heterocycles. The molecule has 1 amide bonds. The maximum absolute atomic E-state index is 12.3. The second-order valence-corrected chi connectivity index (χ2v) is 4.38. The molecule has 21 heavy (non-hydrogen) atoms. The molecule has 0 aliphatic rings. The normalized spacial score (nSPS) is 11.3. The van der Waals surface area contributed by atoms with Crippen LogP contribution in [0.2, 0.25) is 0 Å². The first-order valence-electron chi connectivity index (χ1n) is 6.68. The van der Waals surface area contributed by atoms with Gasteiger partial charge in [-0.25, -0.2) is 4.98 Å². The molecule has 1 atom stereocenters. The molecule has 0 fully saturated rings. The van der Waals surface area contributed by atoms with Gasteiger partial charge in [0.05, 0.1) is 18.2 Å². The molecule has 0 saturated carbocycles. The van der Waals surface area contributed by atoms with E-state index >= 15 is 0 Å². The minimum absolute atomic E-state index is 0.161. The number of imidazole rings is 1. The quantitative estimate of drug-likeness (QED) is 0.729. The molecule has 4 N–H and O–H groups in total. The largest absolute Gasteiger partial charge is 0.347 e. The standard InChI is InChI=1S/C15H17N5O/c1-2-13(14-18-6-7-19-14)20-15(21)12-8-11(4-3-5-16)9-17-10-12/h6-10,13H,2,5,16H2,1H3,(H,18,19)(H,20,21). The van der Waals surface area contributed by atoms with Crippen molar-refractivity contribution in [2.24, 2.45) is 5.73 Å². The van der Waals surface area contributed by atoms with E-state index in [2.05, 4.69) is 32.1 Å². The van der Waals surface area contributed by atoms with E-state index in [1.807, 2.05) is 6.92 Å². The molecule has 0 saturated heterocycles. The first kappa shape index (κ1) is 14.8.